The second-order valence-electron chi connectivity index (χ2n) is 5.59. The predicted octanol–water partition coefficient (Wildman–Crippen LogP) is 2.67. The van der Waals surface area contributed by atoms with Crippen LogP contribution in [0.3, 0.4) is 0 Å². The maximum atomic E-state index is 13.5. The molecule has 0 spiro atoms. The molecule has 1 aromatic carbocycles. The van der Waals surface area contributed by atoms with Crippen LogP contribution < -0.4 is 9.46 Å². The molecule has 1 aliphatic carbocycles. The van der Waals surface area contributed by atoms with Crippen LogP contribution in [0.25, 0.3) is 0 Å². The Hall–Kier alpha value is -2.16. The number of anilines is 1. The number of nitrogens with one attached hydrogen (secondary N) is 1. The van der Waals surface area contributed by atoms with Gasteiger partial charge in [-0.3, -0.25) is 0 Å². The lowest BCUT2D eigenvalue weighted by Crippen LogP contribution is -2.17. The van der Waals surface area contributed by atoms with E-state index >= 15 is 0 Å². The molecule has 1 saturated carbocycles. The van der Waals surface area contributed by atoms with Crippen LogP contribution in [0.5, 0.6) is 5.75 Å². The third-order valence-corrected chi connectivity index (χ3v) is 4.50. The number of rotatable bonds is 6. The van der Waals surface area contributed by atoms with E-state index in [0.717, 1.165) is 25.0 Å². The molecule has 124 valence electrons. The topological polar surface area (TPSA) is 94.3 Å². The first-order valence-electron chi connectivity index (χ1n) is 7.18. The summed E-state index contributed by atoms with van der Waals surface area (Å²) in [5.41, 5.74) is 0. The quantitative estimate of drug-likeness (QED) is 0.868. The minimum absolute atomic E-state index is 0.0554. The van der Waals surface area contributed by atoms with Crippen LogP contribution >= 0.6 is 0 Å². The number of hydrogen-bond donors (Lipinski definition) is 1. The number of hydrogen-bond acceptors (Lipinski definition) is 6. The van der Waals surface area contributed by atoms with Crippen LogP contribution in [0.2, 0.25) is 0 Å². The molecule has 3 rings (SSSR count). The molecule has 0 saturated heterocycles. The Kier molecular flexibility index (Phi) is 3.97. The van der Waals surface area contributed by atoms with Crippen molar-refractivity contribution in [2.24, 2.45) is 0 Å². The van der Waals surface area contributed by atoms with Crippen LogP contribution in [0, 0.1) is 5.82 Å². The Labute approximate surface area is 132 Å². The van der Waals surface area contributed by atoms with Crippen LogP contribution in [0.4, 0.5) is 10.3 Å². The summed E-state index contributed by atoms with van der Waals surface area (Å²) in [6, 6.07) is 3.30. The summed E-state index contributed by atoms with van der Waals surface area (Å²) >= 11 is 0. The van der Waals surface area contributed by atoms with Crippen molar-refractivity contribution in [2.75, 3.05) is 4.72 Å². The molecule has 1 fully saturated rings. The van der Waals surface area contributed by atoms with E-state index in [0.29, 0.717) is 5.89 Å². The molecule has 9 heteroatoms. The van der Waals surface area contributed by atoms with E-state index in [1.807, 2.05) is 0 Å². The summed E-state index contributed by atoms with van der Waals surface area (Å²) in [6.45, 7) is 3.49. The number of sulfonamides is 1. The molecular formula is C14H16FN3O4S. The highest BCUT2D eigenvalue weighted by Crippen LogP contribution is 2.39. The molecule has 2 aromatic rings. The summed E-state index contributed by atoms with van der Waals surface area (Å²) in [7, 11) is -4.10. The SMILES string of the molecule is CC(C)Oc1ccc(F)cc1S(=O)(=O)Nc1noc(C2CC2)n1. The minimum Gasteiger partial charge on any atom is -0.490 e. The first-order chi connectivity index (χ1) is 10.8. The summed E-state index contributed by atoms with van der Waals surface area (Å²) in [6.07, 6.45) is 1.64. The molecule has 0 aliphatic heterocycles. The van der Waals surface area contributed by atoms with Crippen LogP contribution in [-0.4, -0.2) is 24.7 Å². The van der Waals surface area contributed by atoms with Crippen LogP contribution in [0.1, 0.15) is 38.5 Å². The minimum atomic E-state index is -4.10. The van der Waals surface area contributed by atoms with Crippen molar-refractivity contribution in [3.8, 4) is 5.75 Å². The zero-order chi connectivity index (χ0) is 16.6. The predicted molar refractivity (Wildman–Crippen MR) is 79.2 cm³/mol. The number of nitrogens with zero attached hydrogens (tertiary/aromatic N) is 2. The third-order valence-electron chi connectivity index (χ3n) is 3.15. The third kappa shape index (κ3) is 3.61. The zero-order valence-electron chi connectivity index (χ0n) is 12.6. The van der Waals surface area contributed by atoms with Gasteiger partial charge in [-0.15, -0.1) is 0 Å². The lowest BCUT2D eigenvalue weighted by molar-refractivity contribution is 0.235. The van der Waals surface area contributed by atoms with Crippen LogP contribution in [-0.2, 0) is 10.0 Å². The van der Waals surface area contributed by atoms with Gasteiger partial charge in [-0.25, -0.2) is 17.5 Å². The van der Waals surface area contributed by atoms with Gasteiger partial charge in [0.1, 0.15) is 16.5 Å². The van der Waals surface area contributed by atoms with Gasteiger partial charge >= 0.3 is 0 Å². The molecule has 0 atom stereocenters. The monoisotopic (exact) mass is 341 g/mol. The van der Waals surface area contributed by atoms with Gasteiger partial charge in [0.15, 0.2) is 0 Å². The maximum absolute atomic E-state index is 13.5. The van der Waals surface area contributed by atoms with Crippen molar-refractivity contribution in [2.45, 2.75) is 43.6 Å². The van der Waals surface area contributed by atoms with Gasteiger partial charge in [0.25, 0.3) is 16.0 Å². The van der Waals surface area contributed by atoms with Crippen molar-refractivity contribution >= 4 is 16.0 Å². The summed E-state index contributed by atoms with van der Waals surface area (Å²) < 4.78 is 51.0. The maximum Gasteiger partial charge on any atom is 0.277 e. The average molecular weight is 341 g/mol. The van der Waals surface area contributed by atoms with Gasteiger partial charge in [0.05, 0.1) is 6.10 Å². The molecule has 0 bridgehead atoms. The first kappa shape index (κ1) is 15.7. The number of benzene rings is 1. The van der Waals surface area contributed by atoms with Gasteiger partial charge < -0.3 is 9.26 Å². The summed E-state index contributed by atoms with van der Waals surface area (Å²) in [4.78, 5) is 3.68. The van der Waals surface area contributed by atoms with E-state index in [2.05, 4.69) is 14.9 Å². The summed E-state index contributed by atoms with van der Waals surface area (Å²) in [5.74, 6) is -0.199. The lowest BCUT2D eigenvalue weighted by atomic mass is 10.3. The van der Waals surface area contributed by atoms with Crippen molar-refractivity contribution in [1.29, 1.82) is 0 Å². The Morgan fingerprint density at radius 2 is 2.13 bits per heavy atom. The molecule has 1 aromatic heterocycles. The fraction of sp³-hybridized carbons (Fsp3) is 0.429. The zero-order valence-corrected chi connectivity index (χ0v) is 13.4. The first-order valence-corrected chi connectivity index (χ1v) is 8.66. The highest BCUT2D eigenvalue weighted by molar-refractivity contribution is 7.92. The van der Waals surface area contributed by atoms with Gasteiger partial charge in [-0.05, 0) is 50.0 Å². The second kappa shape index (κ2) is 5.80. The molecule has 7 nitrogen and oxygen atoms in total. The molecule has 1 heterocycles. The number of aromatic nitrogens is 2. The largest absolute Gasteiger partial charge is 0.490 e. The summed E-state index contributed by atoms with van der Waals surface area (Å²) in [5, 5.41) is 3.59. The van der Waals surface area contributed by atoms with E-state index < -0.39 is 15.8 Å². The smallest absolute Gasteiger partial charge is 0.277 e. The molecule has 0 unspecified atom stereocenters. The van der Waals surface area contributed by atoms with Gasteiger partial charge in [0, 0.05) is 5.92 Å². The molecular weight excluding hydrogens is 325 g/mol. The van der Waals surface area contributed by atoms with Gasteiger partial charge in [-0.2, -0.15) is 4.98 Å². The molecule has 1 N–H and O–H groups in total. The van der Waals surface area contributed by atoms with Gasteiger partial charge in [-0.1, -0.05) is 0 Å². The fourth-order valence-corrected chi connectivity index (χ4v) is 3.07. The highest BCUT2D eigenvalue weighted by Gasteiger charge is 2.31. The van der Waals surface area contributed by atoms with Crippen molar-refractivity contribution < 1.29 is 22.1 Å². The number of halogens is 1. The Balaban J connectivity index is 1.89. The second-order valence-corrected chi connectivity index (χ2v) is 7.24. The Bertz CT molecular complexity index is 815. The van der Waals surface area contributed by atoms with Gasteiger partial charge in [0.2, 0.25) is 5.89 Å². The molecule has 1 aliphatic rings. The average Bonchev–Trinajstić information content (AvgIpc) is 3.21. The van der Waals surface area contributed by atoms with Crippen molar-refractivity contribution in [1.82, 2.24) is 10.1 Å². The van der Waals surface area contributed by atoms with Crippen molar-refractivity contribution in [3.63, 3.8) is 0 Å². The Morgan fingerprint density at radius 1 is 1.39 bits per heavy atom. The van der Waals surface area contributed by atoms with E-state index in [1.54, 1.807) is 13.8 Å². The lowest BCUT2D eigenvalue weighted by Gasteiger charge is -2.14. The van der Waals surface area contributed by atoms with Crippen molar-refractivity contribution in [3.05, 3.63) is 29.9 Å². The van der Waals surface area contributed by atoms with E-state index in [9.17, 15) is 12.8 Å². The van der Waals surface area contributed by atoms with E-state index in [4.69, 9.17) is 9.26 Å². The molecule has 0 radical (unpaired) electrons. The number of ether oxygens (including phenoxy) is 1. The normalized spacial score (nSPS) is 15.0. The van der Waals surface area contributed by atoms with E-state index in [-0.39, 0.29) is 28.6 Å². The standard InChI is InChI=1S/C14H16FN3O4S/c1-8(2)21-11-6-5-10(15)7-12(11)23(19,20)18-14-16-13(22-17-14)9-3-4-9/h5-9H,3-4H2,1-2H3,(H,17,18). The molecule has 23 heavy (non-hydrogen) atoms. The van der Waals surface area contributed by atoms with E-state index in [1.165, 1.54) is 6.07 Å². The fourth-order valence-electron chi connectivity index (χ4n) is 1.99. The van der Waals surface area contributed by atoms with Crippen LogP contribution in [0.15, 0.2) is 27.6 Å². The Morgan fingerprint density at radius 3 is 2.78 bits per heavy atom. The highest BCUT2D eigenvalue weighted by atomic mass is 32.2. The molecule has 0 amide bonds.